The fraction of sp³-hybridized carbons (Fsp3) is 0.600. The Morgan fingerprint density at radius 1 is 0.909 bits per heavy atom. The van der Waals surface area contributed by atoms with Crippen LogP contribution in [0.15, 0.2) is 47.6 Å². The van der Waals surface area contributed by atoms with Crippen molar-refractivity contribution in [2.45, 2.75) is 64.6 Å². The van der Waals surface area contributed by atoms with E-state index in [-0.39, 0.29) is 11.8 Å². The lowest BCUT2D eigenvalue weighted by Crippen LogP contribution is -2.59. The second-order valence-corrected chi connectivity index (χ2v) is 7.46. The van der Waals surface area contributed by atoms with E-state index in [0.29, 0.717) is 12.8 Å². The summed E-state index contributed by atoms with van der Waals surface area (Å²) in [5.74, 6) is 0.437. The van der Waals surface area contributed by atoms with E-state index in [9.17, 15) is 10.2 Å². The van der Waals surface area contributed by atoms with Crippen LogP contribution in [0.5, 0.6) is 0 Å². The first-order chi connectivity index (χ1) is 10.1. The molecule has 0 heterocycles. The van der Waals surface area contributed by atoms with Gasteiger partial charge in [0.25, 0.3) is 0 Å². The lowest BCUT2D eigenvalue weighted by Gasteiger charge is -2.51. The van der Waals surface area contributed by atoms with Crippen LogP contribution in [-0.4, -0.2) is 21.4 Å². The maximum Gasteiger partial charge on any atom is 0.118 e. The van der Waals surface area contributed by atoms with Crippen LogP contribution in [0.2, 0.25) is 0 Å². The SMILES string of the molecule is C=C(C)C1CC=C(C)C(O)(C2(O)C[C@H](C(=C)C)CC=C2C)C1. The van der Waals surface area contributed by atoms with Crippen LogP contribution in [0, 0.1) is 11.8 Å². The van der Waals surface area contributed by atoms with Crippen molar-refractivity contribution in [1.82, 2.24) is 0 Å². The molecule has 0 spiro atoms. The Bertz CT molecular complexity index is 504. The van der Waals surface area contributed by atoms with E-state index in [2.05, 4.69) is 25.3 Å². The van der Waals surface area contributed by atoms with Gasteiger partial charge in [0.15, 0.2) is 0 Å². The van der Waals surface area contributed by atoms with E-state index < -0.39 is 11.2 Å². The fourth-order valence-electron chi connectivity index (χ4n) is 3.92. The summed E-state index contributed by atoms with van der Waals surface area (Å²) in [5, 5.41) is 23.0. The van der Waals surface area contributed by atoms with Gasteiger partial charge in [-0.1, -0.05) is 36.5 Å². The van der Waals surface area contributed by atoms with Gasteiger partial charge in [-0.3, -0.25) is 0 Å². The Kier molecular flexibility index (Phi) is 4.56. The minimum Gasteiger partial charge on any atom is -0.382 e. The molecule has 0 radical (unpaired) electrons. The van der Waals surface area contributed by atoms with E-state index >= 15 is 0 Å². The molecule has 0 saturated carbocycles. The highest BCUT2D eigenvalue weighted by Crippen LogP contribution is 2.50. The molecule has 0 fully saturated rings. The van der Waals surface area contributed by atoms with E-state index in [1.807, 2.05) is 27.7 Å². The van der Waals surface area contributed by atoms with E-state index in [1.165, 1.54) is 0 Å². The minimum absolute atomic E-state index is 0.218. The normalized spacial score (nSPS) is 39.0. The maximum atomic E-state index is 11.5. The van der Waals surface area contributed by atoms with Crippen molar-refractivity contribution < 1.29 is 10.2 Å². The van der Waals surface area contributed by atoms with Crippen molar-refractivity contribution >= 4 is 0 Å². The van der Waals surface area contributed by atoms with Gasteiger partial charge in [-0.25, -0.2) is 0 Å². The highest BCUT2D eigenvalue weighted by Gasteiger charge is 2.55. The van der Waals surface area contributed by atoms with Crippen LogP contribution in [0.25, 0.3) is 0 Å². The van der Waals surface area contributed by atoms with E-state index in [4.69, 9.17) is 0 Å². The highest BCUT2D eigenvalue weighted by molar-refractivity contribution is 5.37. The lowest BCUT2D eigenvalue weighted by molar-refractivity contribution is -0.130. The molecule has 0 aliphatic heterocycles. The number of allylic oxidation sites excluding steroid dienone is 4. The minimum atomic E-state index is -1.22. The molecule has 122 valence electrons. The molecule has 0 saturated heterocycles. The second kappa shape index (κ2) is 5.82. The number of hydrogen-bond donors (Lipinski definition) is 2. The molecule has 0 bridgehead atoms. The maximum absolute atomic E-state index is 11.5. The Morgan fingerprint density at radius 2 is 1.23 bits per heavy atom. The van der Waals surface area contributed by atoms with Crippen molar-refractivity contribution in [3.63, 3.8) is 0 Å². The van der Waals surface area contributed by atoms with Gasteiger partial charge in [-0.15, -0.1) is 0 Å². The standard InChI is InChI=1S/C20H30O2/c1-13(2)17-9-7-15(5)19(21,11-17)20(22)12-18(14(3)4)10-8-16(20)6/h7-8,17-18,21-22H,1,3,9-12H2,2,4-6H3/t17-,18?,19?,20?/m1/s1. The average Bonchev–Trinajstić information content (AvgIpc) is 2.44. The molecular formula is C20H30O2. The Labute approximate surface area is 134 Å². The van der Waals surface area contributed by atoms with Crippen molar-refractivity contribution in [3.8, 4) is 0 Å². The third-order valence-electron chi connectivity index (χ3n) is 5.88. The molecule has 2 aliphatic carbocycles. The summed E-state index contributed by atoms with van der Waals surface area (Å²) in [6.07, 6.45) is 7.00. The largest absolute Gasteiger partial charge is 0.382 e. The zero-order valence-corrected chi connectivity index (χ0v) is 14.4. The van der Waals surface area contributed by atoms with Crippen LogP contribution >= 0.6 is 0 Å². The molecule has 2 heteroatoms. The molecule has 2 rings (SSSR count). The van der Waals surface area contributed by atoms with Gasteiger partial charge in [-0.2, -0.15) is 0 Å². The summed E-state index contributed by atoms with van der Waals surface area (Å²) in [5.41, 5.74) is 1.46. The van der Waals surface area contributed by atoms with Crippen molar-refractivity contribution in [2.75, 3.05) is 0 Å². The third-order valence-corrected chi connectivity index (χ3v) is 5.88. The van der Waals surface area contributed by atoms with E-state index in [0.717, 1.165) is 35.1 Å². The van der Waals surface area contributed by atoms with Crippen LogP contribution in [0.1, 0.15) is 53.4 Å². The summed E-state index contributed by atoms with van der Waals surface area (Å²) in [6.45, 7) is 16.0. The zero-order chi connectivity index (χ0) is 16.7. The van der Waals surface area contributed by atoms with Crippen molar-refractivity contribution in [3.05, 3.63) is 47.6 Å². The summed E-state index contributed by atoms with van der Waals surface area (Å²) >= 11 is 0. The summed E-state index contributed by atoms with van der Waals surface area (Å²) in [4.78, 5) is 0. The van der Waals surface area contributed by atoms with Crippen LogP contribution < -0.4 is 0 Å². The van der Waals surface area contributed by atoms with Gasteiger partial charge < -0.3 is 10.2 Å². The summed E-state index contributed by atoms with van der Waals surface area (Å²) in [6, 6.07) is 0. The molecule has 2 nitrogen and oxygen atoms in total. The zero-order valence-electron chi connectivity index (χ0n) is 14.4. The van der Waals surface area contributed by atoms with Gasteiger partial charge in [0.05, 0.1) is 0 Å². The lowest BCUT2D eigenvalue weighted by atomic mass is 9.60. The van der Waals surface area contributed by atoms with Crippen LogP contribution in [0.3, 0.4) is 0 Å². The highest BCUT2D eigenvalue weighted by atomic mass is 16.4. The Hall–Kier alpha value is -1.12. The molecule has 0 aromatic heterocycles. The van der Waals surface area contributed by atoms with Gasteiger partial charge >= 0.3 is 0 Å². The summed E-state index contributed by atoms with van der Waals surface area (Å²) < 4.78 is 0. The fourth-order valence-corrected chi connectivity index (χ4v) is 3.92. The first-order valence-corrected chi connectivity index (χ1v) is 8.22. The molecule has 0 aromatic rings. The van der Waals surface area contributed by atoms with Crippen molar-refractivity contribution in [2.24, 2.45) is 11.8 Å². The molecule has 22 heavy (non-hydrogen) atoms. The number of hydrogen-bond acceptors (Lipinski definition) is 2. The predicted octanol–water partition coefficient (Wildman–Crippen LogP) is 4.31. The average molecular weight is 302 g/mol. The Morgan fingerprint density at radius 3 is 1.50 bits per heavy atom. The topological polar surface area (TPSA) is 40.5 Å². The van der Waals surface area contributed by atoms with Crippen molar-refractivity contribution in [1.29, 1.82) is 0 Å². The quantitative estimate of drug-likeness (QED) is 0.763. The number of aliphatic hydroxyl groups is 2. The van der Waals surface area contributed by atoms with Gasteiger partial charge in [0.2, 0.25) is 0 Å². The first kappa shape index (κ1) is 17.2. The molecule has 0 aromatic carbocycles. The van der Waals surface area contributed by atoms with E-state index in [1.54, 1.807) is 0 Å². The second-order valence-electron chi connectivity index (χ2n) is 7.46. The summed E-state index contributed by atoms with van der Waals surface area (Å²) in [7, 11) is 0. The van der Waals surface area contributed by atoms with Crippen LogP contribution in [0.4, 0.5) is 0 Å². The molecular weight excluding hydrogens is 272 g/mol. The van der Waals surface area contributed by atoms with Crippen LogP contribution in [-0.2, 0) is 0 Å². The molecule has 4 atom stereocenters. The Balaban J connectivity index is 2.45. The first-order valence-electron chi connectivity index (χ1n) is 8.22. The third kappa shape index (κ3) is 2.63. The van der Waals surface area contributed by atoms with Gasteiger partial charge in [0.1, 0.15) is 11.2 Å². The number of rotatable bonds is 3. The molecule has 3 unspecified atom stereocenters. The monoisotopic (exact) mass is 302 g/mol. The smallest absolute Gasteiger partial charge is 0.118 e. The predicted molar refractivity (Wildman–Crippen MR) is 92.5 cm³/mol. The van der Waals surface area contributed by atoms with Gasteiger partial charge in [-0.05, 0) is 76.4 Å². The molecule has 2 aliphatic rings. The molecule has 0 amide bonds. The molecule has 2 N–H and O–H groups in total. The van der Waals surface area contributed by atoms with Gasteiger partial charge in [0, 0.05) is 0 Å².